The van der Waals surface area contributed by atoms with Crippen LogP contribution in [0.3, 0.4) is 0 Å². The summed E-state index contributed by atoms with van der Waals surface area (Å²) in [6, 6.07) is -0.852. The quantitative estimate of drug-likeness (QED) is 0.0295. The second-order valence-electron chi connectivity index (χ2n) is 13.1. The molecular weight excluding hydrogens is 599 g/mol. The lowest BCUT2D eigenvalue weighted by Crippen LogP contribution is -2.45. The zero-order valence-electron chi connectivity index (χ0n) is 30.1. The normalized spacial score (nSPS) is 14.5. The van der Waals surface area contributed by atoms with Crippen molar-refractivity contribution in [3.8, 4) is 0 Å². The fourth-order valence-electron chi connectivity index (χ4n) is 5.66. The number of rotatable bonds is 36. The van der Waals surface area contributed by atoms with Crippen molar-refractivity contribution in [2.75, 3.05) is 19.8 Å². The van der Waals surface area contributed by atoms with Gasteiger partial charge in [0.05, 0.1) is 25.4 Å². The molecule has 0 bridgehead atoms. The average Bonchev–Trinajstić information content (AvgIpc) is 3.04. The van der Waals surface area contributed by atoms with Gasteiger partial charge in [-0.05, 0) is 19.3 Å². The standard InChI is InChI=1S/C37H75N2O6P/c1-3-5-7-9-11-13-15-16-17-18-19-21-23-25-27-29-31-37(41)39-35(34-45-46(42,43)44-33-32-38)36(40)30-28-26-24-22-20-14-12-10-8-6-4-2/h28,30,35-36,40H,3-27,29,31-34,38H2,1-2H3,(H,39,41)(H,42,43)/b30-28+/t35-,36+/m0/s1. The van der Waals surface area contributed by atoms with E-state index in [1.165, 1.54) is 128 Å². The average molecular weight is 675 g/mol. The molecule has 0 aromatic heterocycles. The number of aliphatic hydroxyl groups excluding tert-OH is 1. The third kappa shape index (κ3) is 31.8. The van der Waals surface area contributed by atoms with Gasteiger partial charge in [0.25, 0.3) is 0 Å². The molecule has 3 atom stereocenters. The lowest BCUT2D eigenvalue weighted by atomic mass is 10.0. The number of hydrogen-bond donors (Lipinski definition) is 4. The van der Waals surface area contributed by atoms with Gasteiger partial charge in [-0.3, -0.25) is 13.8 Å². The molecule has 46 heavy (non-hydrogen) atoms. The molecule has 5 N–H and O–H groups in total. The maximum absolute atomic E-state index is 12.7. The molecule has 0 aliphatic heterocycles. The Morgan fingerprint density at radius 1 is 0.696 bits per heavy atom. The van der Waals surface area contributed by atoms with E-state index in [4.69, 9.17) is 14.8 Å². The SMILES string of the molecule is CCCCCCCCCCC/C=C/[C@@H](O)[C@H](COP(=O)(O)OCCN)NC(=O)CCCCCCCCCCCCCCCCCC. The summed E-state index contributed by atoms with van der Waals surface area (Å²) in [6.45, 7) is 4.12. The summed E-state index contributed by atoms with van der Waals surface area (Å²) in [5.41, 5.74) is 5.35. The Morgan fingerprint density at radius 3 is 1.54 bits per heavy atom. The number of hydrogen-bond acceptors (Lipinski definition) is 6. The number of nitrogens with one attached hydrogen (secondary N) is 1. The number of nitrogens with two attached hydrogens (primary N) is 1. The summed E-state index contributed by atoms with van der Waals surface area (Å²) in [6.07, 6.45) is 35.4. The molecule has 8 nitrogen and oxygen atoms in total. The number of amides is 1. The summed E-state index contributed by atoms with van der Waals surface area (Å²) < 4.78 is 22.0. The first-order valence-corrected chi connectivity index (χ1v) is 20.8. The fraction of sp³-hybridized carbons (Fsp3) is 0.919. The van der Waals surface area contributed by atoms with Crippen molar-refractivity contribution < 1.29 is 28.4 Å². The molecule has 0 saturated heterocycles. The maximum Gasteiger partial charge on any atom is 0.472 e. The lowest BCUT2D eigenvalue weighted by molar-refractivity contribution is -0.123. The summed E-state index contributed by atoms with van der Waals surface area (Å²) in [5, 5.41) is 13.6. The highest BCUT2D eigenvalue weighted by molar-refractivity contribution is 7.47. The number of carbonyl (C=O) groups excluding carboxylic acids is 1. The number of carbonyl (C=O) groups is 1. The number of phosphoric ester groups is 1. The van der Waals surface area contributed by atoms with Crippen LogP contribution in [0.2, 0.25) is 0 Å². The monoisotopic (exact) mass is 675 g/mol. The van der Waals surface area contributed by atoms with Gasteiger partial charge in [0.15, 0.2) is 0 Å². The van der Waals surface area contributed by atoms with E-state index in [0.29, 0.717) is 6.42 Å². The van der Waals surface area contributed by atoms with E-state index in [1.807, 2.05) is 6.08 Å². The van der Waals surface area contributed by atoms with Gasteiger partial charge in [-0.2, -0.15) is 0 Å². The van der Waals surface area contributed by atoms with Gasteiger partial charge in [-0.1, -0.05) is 174 Å². The highest BCUT2D eigenvalue weighted by Gasteiger charge is 2.26. The molecule has 0 aliphatic rings. The summed E-state index contributed by atoms with van der Waals surface area (Å²) >= 11 is 0. The van der Waals surface area contributed by atoms with Gasteiger partial charge >= 0.3 is 7.82 Å². The molecule has 1 amide bonds. The van der Waals surface area contributed by atoms with Crippen molar-refractivity contribution >= 4 is 13.7 Å². The van der Waals surface area contributed by atoms with Crippen LogP contribution in [0.15, 0.2) is 12.2 Å². The van der Waals surface area contributed by atoms with Crippen LogP contribution >= 0.6 is 7.82 Å². The number of unbranched alkanes of at least 4 members (excludes halogenated alkanes) is 24. The Kier molecular flexibility index (Phi) is 33.6. The van der Waals surface area contributed by atoms with Crippen LogP contribution in [-0.2, 0) is 18.4 Å². The van der Waals surface area contributed by atoms with Gasteiger partial charge in [0.2, 0.25) is 5.91 Å². The molecule has 0 radical (unpaired) electrons. The van der Waals surface area contributed by atoms with Crippen LogP contribution in [0.5, 0.6) is 0 Å². The molecule has 0 spiro atoms. The van der Waals surface area contributed by atoms with E-state index >= 15 is 0 Å². The van der Waals surface area contributed by atoms with Crippen LogP contribution in [0.1, 0.15) is 187 Å². The summed E-state index contributed by atoms with van der Waals surface area (Å²) in [4.78, 5) is 22.6. The van der Waals surface area contributed by atoms with E-state index < -0.39 is 20.0 Å². The van der Waals surface area contributed by atoms with E-state index in [2.05, 4.69) is 19.2 Å². The van der Waals surface area contributed by atoms with Crippen molar-refractivity contribution in [2.45, 2.75) is 199 Å². The van der Waals surface area contributed by atoms with Crippen molar-refractivity contribution in [3.05, 3.63) is 12.2 Å². The molecule has 0 aromatic rings. The minimum Gasteiger partial charge on any atom is -0.387 e. The number of allylic oxidation sites excluding steroid dienone is 1. The third-order valence-electron chi connectivity index (χ3n) is 8.61. The second-order valence-corrected chi connectivity index (χ2v) is 14.6. The van der Waals surface area contributed by atoms with Crippen LogP contribution in [0.25, 0.3) is 0 Å². The van der Waals surface area contributed by atoms with Gasteiger partial charge in [0, 0.05) is 13.0 Å². The lowest BCUT2D eigenvalue weighted by Gasteiger charge is -2.23. The molecular formula is C37H75N2O6P. The topological polar surface area (TPSA) is 131 Å². The Balaban J connectivity index is 4.24. The van der Waals surface area contributed by atoms with E-state index in [0.717, 1.165) is 38.5 Å². The predicted octanol–water partition coefficient (Wildman–Crippen LogP) is 10.1. The first-order chi connectivity index (χ1) is 22.4. The highest BCUT2D eigenvalue weighted by atomic mass is 31.2. The maximum atomic E-state index is 12.7. The molecule has 274 valence electrons. The zero-order chi connectivity index (χ0) is 34.0. The largest absolute Gasteiger partial charge is 0.472 e. The minimum atomic E-state index is -4.32. The summed E-state index contributed by atoms with van der Waals surface area (Å²) in [5.74, 6) is -0.194. The summed E-state index contributed by atoms with van der Waals surface area (Å²) in [7, 11) is -4.32. The van der Waals surface area contributed by atoms with Crippen molar-refractivity contribution in [2.24, 2.45) is 5.73 Å². The van der Waals surface area contributed by atoms with Crippen LogP contribution < -0.4 is 11.1 Å². The predicted molar refractivity (Wildman–Crippen MR) is 194 cm³/mol. The van der Waals surface area contributed by atoms with Crippen LogP contribution in [0, 0.1) is 0 Å². The van der Waals surface area contributed by atoms with Crippen molar-refractivity contribution in [1.29, 1.82) is 0 Å². The molecule has 0 heterocycles. The third-order valence-corrected chi connectivity index (χ3v) is 9.60. The Labute approximate surface area is 284 Å². The smallest absolute Gasteiger partial charge is 0.387 e. The molecule has 9 heteroatoms. The zero-order valence-corrected chi connectivity index (χ0v) is 31.0. The first kappa shape index (κ1) is 45.2. The molecule has 0 rings (SSSR count). The number of aliphatic hydroxyl groups is 1. The van der Waals surface area contributed by atoms with E-state index in [1.54, 1.807) is 6.08 Å². The first-order valence-electron chi connectivity index (χ1n) is 19.3. The molecule has 0 saturated carbocycles. The highest BCUT2D eigenvalue weighted by Crippen LogP contribution is 2.43. The minimum absolute atomic E-state index is 0.0810. The van der Waals surface area contributed by atoms with Gasteiger partial charge in [-0.15, -0.1) is 0 Å². The van der Waals surface area contributed by atoms with Crippen molar-refractivity contribution in [3.63, 3.8) is 0 Å². The number of phosphoric acid groups is 1. The second kappa shape index (κ2) is 34.1. The fourth-order valence-corrected chi connectivity index (χ4v) is 6.42. The van der Waals surface area contributed by atoms with Gasteiger partial charge in [0.1, 0.15) is 0 Å². The molecule has 1 unspecified atom stereocenters. The Hall–Kier alpha value is -0.760. The molecule has 0 aromatic carbocycles. The Bertz CT molecular complexity index is 739. The van der Waals surface area contributed by atoms with Gasteiger partial charge < -0.3 is 21.1 Å². The van der Waals surface area contributed by atoms with Crippen LogP contribution in [0.4, 0.5) is 0 Å². The van der Waals surface area contributed by atoms with Crippen LogP contribution in [-0.4, -0.2) is 47.8 Å². The van der Waals surface area contributed by atoms with E-state index in [-0.39, 0.29) is 25.7 Å². The van der Waals surface area contributed by atoms with Crippen molar-refractivity contribution in [1.82, 2.24) is 5.32 Å². The molecule has 0 fully saturated rings. The Morgan fingerprint density at radius 2 is 1.11 bits per heavy atom. The molecule has 0 aliphatic carbocycles. The van der Waals surface area contributed by atoms with E-state index in [9.17, 15) is 19.4 Å². The van der Waals surface area contributed by atoms with Gasteiger partial charge in [-0.25, -0.2) is 4.57 Å².